The highest BCUT2D eigenvalue weighted by molar-refractivity contribution is 7.11. The fraction of sp³-hybridized carbons (Fsp3) is 0.182. The van der Waals surface area contributed by atoms with Gasteiger partial charge in [0.1, 0.15) is 16.0 Å². The highest BCUT2D eigenvalue weighted by Crippen LogP contribution is 2.14. The molecule has 2 aromatic rings. The Morgan fingerprint density at radius 1 is 1.53 bits per heavy atom. The van der Waals surface area contributed by atoms with Crippen molar-refractivity contribution in [2.24, 2.45) is 5.84 Å². The topological polar surface area (TPSA) is 92.9 Å². The molecule has 6 nitrogen and oxygen atoms in total. The molecule has 0 unspecified atom stereocenters. The monoisotopic (exact) mass is 297 g/mol. The van der Waals surface area contributed by atoms with Gasteiger partial charge in [0, 0.05) is 16.6 Å². The maximum absolute atomic E-state index is 12.0. The average molecular weight is 298 g/mol. The third kappa shape index (κ3) is 3.63. The molecule has 0 saturated carbocycles. The lowest BCUT2D eigenvalue weighted by Gasteiger charge is -2.06. The van der Waals surface area contributed by atoms with E-state index < -0.39 is 0 Å². The number of aromatic nitrogens is 2. The van der Waals surface area contributed by atoms with Gasteiger partial charge in [0.25, 0.3) is 5.91 Å². The van der Waals surface area contributed by atoms with Crippen molar-refractivity contribution < 1.29 is 4.79 Å². The number of thiazole rings is 1. The third-order valence-electron chi connectivity index (χ3n) is 2.27. The number of anilines is 1. The number of nitrogens with one attached hydrogen (secondary N) is 2. The normalized spacial score (nSPS) is 10.3. The number of pyridine rings is 1. The van der Waals surface area contributed by atoms with E-state index in [0.29, 0.717) is 17.9 Å². The summed E-state index contributed by atoms with van der Waals surface area (Å²) in [7, 11) is 0. The summed E-state index contributed by atoms with van der Waals surface area (Å²) in [5, 5.41) is 3.81. The molecule has 0 saturated heterocycles. The number of nitrogens with two attached hydrogens (primary N) is 1. The van der Waals surface area contributed by atoms with E-state index in [2.05, 4.69) is 20.7 Å². The van der Waals surface area contributed by atoms with Gasteiger partial charge in [-0.1, -0.05) is 11.6 Å². The van der Waals surface area contributed by atoms with Crippen LogP contribution in [0.5, 0.6) is 0 Å². The van der Waals surface area contributed by atoms with Crippen molar-refractivity contribution in [3.63, 3.8) is 0 Å². The van der Waals surface area contributed by atoms with Crippen LogP contribution in [0.1, 0.15) is 20.2 Å². The molecule has 2 heterocycles. The number of carbonyl (C=O) groups is 1. The molecule has 4 N–H and O–H groups in total. The second-order valence-electron chi connectivity index (χ2n) is 3.76. The number of rotatable bonds is 4. The molecule has 19 heavy (non-hydrogen) atoms. The Labute approximate surface area is 119 Å². The number of hydrogen-bond acceptors (Lipinski definition) is 6. The van der Waals surface area contributed by atoms with E-state index >= 15 is 0 Å². The molecular formula is C11H12ClN5OS. The van der Waals surface area contributed by atoms with Gasteiger partial charge in [-0.25, -0.2) is 15.8 Å². The molecule has 2 rings (SSSR count). The van der Waals surface area contributed by atoms with Gasteiger partial charge in [0.05, 0.1) is 6.54 Å². The van der Waals surface area contributed by atoms with Crippen molar-refractivity contribution in [3.05, 3.63) is 38.9 Å². The maximum atomic E-state index is 12.0. The van der Waals surface area contributed by atoms with E-state index in [1.54, 1.807) is 6.20 Å². The quantitative estimate of drug-likeness (QED) is 0.454. The Kier molecular flexibility index (Phi) is 4.31. The number of amides is 1. The smallest absolute Gasteiger partial charge is 0.251 e. The first kappa shape index (κ1) is 13.7. The zero-order chi connectivity index (χ0) is 13.8. The van der Waals surface area contributed by atoms with Crippen LogP contribution in [0, 0.1) is 6.92 Å². The summed E-state index contributed by atoms with van der Waals surface area (Å²) < 4.78 is 0. The van der Waals surface area contributed by atoms with Crippen molar-refractivity contribution in [1.82, 2.24) is 15.3 Å². The summed E-state index contributed by atoms with van der Waals surface area (Å²) in [6, 6.07) is 3.00. The summed E-state index contributed by atoms with van der Waals surface area (Å²) in [5.41, 5.74) is 2.74. The SMILES string of the molecule is Cc1cnc(CNC(=O)c2cc(Cl)nc(NN)c2)s1. The molecule has 0 spiro atoms. The van der Waals surface area contributed by atoms with Crippen LogP contribution in [0.3, 0.4) is 0 Å². The fourth-order valence-electron chi connectivity index (χ4n) is 1.44. The van der Waals surface area contributed by atoms with Gasteiger partial charge in [-0.15, -0.1) is 11.3 Å². The molecule has 0 aliphatic heterocycles. The van der Waals surface area contributed by atoms with Gasteiger partial charge in [0.2, 0.25) is 0 Å². The van der Waals surface area contributed by atoms with Crippen molar-refractivity contribution in [2.45, 2.75) is 13.5 Å². The lowest BCUT2D eigenvalue weighted by atomic mass is 10.2. The second kappa shape index (κ2) is 5.96. The highest BCUT2D eigenvalue weighted by Gasteiger charge is 2.09. The minimum Gasteiger partial charge on any atom is -0.346 e. The standard InChI is InChI=1S/C11H12ClN5OS/c1-6-4-14-10(19-6)5-15-11(18)7-2-8(12)16-9(3-7)17-13/h2-4H,5,13H2,1H3,(H,15,18)(H,16,17). The van der Waals surface area contributed by atoms with Gasteiger partial charge in [-0.05, 0) is 19.1 Å². The first-order valence-electron chi connectivity index (χ1n) is 5.42. The molecule has 100 valence electrons. The summed E-state index contributed by atoms with van der Waals surface area (Å²) in [6.45, 7) is 2.34. The fourth-order valence-corrected chi connectivity index (χ4v) is 2.38. The van der Waals surface area contributed by atoms with Crippen molar-refractivity contribution in [2.75, 3.05) is 5.43 Å². The van der Waals surface area contributed by atoms with Crippen molar-refractivity contribution in [3.8, 4) is 0 Å². The lowest BCUT2D eigenvalue weighted by molar-refractivity contribution is 0.0951. The molecule has 1 amide bonds. The molecule has 0 aliphatic rings. The predicted molar refractivity (Wildman–Crippen MR) is 75.1 cm³/mol. The molecule has 2 aromatic heterocycles. The number of hydrogen-bond donors (Lipinski definition) is 3. The predicted octanol–water partition coefficient (Wildman–Crippen LogP) is 1.72. The lowest BCUT2D eigenvalue weighted by Crippen LogP contribution is -2.23. The highest BCUT2D eigenvalue weighted by atomic mass is 35.5. The molecule has 0 radical (unpaired) electrons. The van der Waals surface area contributed by atoms with Crippen LogP contribution >= 0.6 is 22.9 Å². The van der Waals surface area contributed by atoms with Crippen molar-refractivity contribution >= 4 is 34.7 Å². The average Bonchev–Trinajstić information content (AvgIpc) is 2.81. The third-order valence-corrected chi connectivity index (χ3v) is 3.38. The van der Waals surface area contributed by atoms with E-state index in [-0.39, 0.29) is 11.1 Å². The molecule has 0 fully saturated rings. The van der Waals surface area contributed by atoms with E-state index in [4.69, 9.17) is 17.4 Å². The molecule has 0 bridgehead atoms. The largest absolute Gasteiger partial charge is 0.346 e. The van der Waals surface area contributed by atoms with E-state index in [9.17, 15) is 4.79 Å². The van der Waals surface area contributed by atoms with Gasteiger partial charge < -0.3 is 10.7 Å². The number of halogens is 1. The Bertz CT molecular complexity index is 601. The van der Waals surface area contributed by atoms with Crippen LogP contribution in [0.2, 0.25) is 5.15 Å². The number of carbonyl (C=O) groups excluding carboxylic acids is 1. The molecule has 0 atom stereocenters. The van der Waals surface area contributed by atoms with Crippen LogP contribution in [0.4, 0.5) is 5.82 Å². The van der Waals surface area contributed by atoms with Crippen LogP contribution in [0.25, 0.3) is 0 Å². The number of nitrogens with zero attached hydrogens (tertiary/aromatic N) is 2. The Morgan fingerprint density at radius 3 is 2.95 bits per heavy atom. The summed E-state index contributed by atoms with van der Waals surface area (Å²) in [4.78, 5) is 21.1. The molecular weight excluding hydrogens is 286 g/mol. The minimum atomic E-state index is -0.256. The van der Waals surface area contributed by atoms with Gasteiger partial charge in [-0.3, -0.25) is 4.79 Å². The second-order valence-corrected chi connectivity index (χ2v) is 5.46. The Morgan fingerprint density at radius 2 is 2.32 bits per heavy atom. The summed E-state index contributed by atoms with van der Waals surface area (Å²) in [5.74, 6) is 5.32. The molecule has 0 aromatic carbocycles. The van der Waals surface area contributed by atoms with Gasteiger partial charge >= 0.3 is 0 Å². The zero-order valence-corrected chi connectivity index (χ0v) is 11.7. The Hall–Kier alpha value is -1.70. The van der Waals surface area contributed by atoms with Gasteiger partial charge in [-0.2, -0.15) is 0 Å². The van der Waals surface area contributed by atoms with Gasteiger partial charge in [0.15, 0.2) is 0 Å². The summed E-state index contributed by atoms with van der Waals surface area (Å²) >= 11 is 7.34. The van der Waals surface area contributed by atoms with Crippen molar-refractivity contribution in [1.29, 1.82) is 0 Å². The van der Waals surface area contributed by atoms with E-state index in [1.165, 1.54) is 23.5 Å². The van der Waals surface area contributed by atoms with E-state index in [0.717, 1.165) is 9.88 Å². The summed E-state index contributed by atoms with van der Waals surface area (Å²) in [6.07, 6.45) is 1.77. The Balaban J connectivity index is 2.05. The first-order chi connectivity index (χ1) is 9.08. The van der Waals surface area contributed by atoms with Crippen LogP contribution < -0.4 is 16.6 Å². The van der Waals surface area contributed by atoms with Crippen LogP contribution in [-0.2, 0) is 6.54 Å². The zero-order valence-electron chi connectivity index (χ0n) is 10.1. The number of nitrogen functional groups attached to an aromatic ring is 1. The maximum Gasteiger partial charge on any atom is 0.251 e. The number of hydrazine groups is 1. The molecule has 0 aliphatic carbocycles. The molecule has 8 heteroatoms. The minimum absolute atomic E-state index is 0.200. The number of aryl methyl sites for hydroxylation is 1. The van der Waals surface area contributed by atoms with Crippen LogP contribution in [-0.4, -0.2) is 15.9 Å². The van der Waals surface area contributed by atoms with Crippen LogP contribution in [0.15, 0.2) is 18.3 Å². The van der Waals surface area contributed by atoms with E-state index in [1.807, 2.05) is 6.92 Å². The first-order valence-corrected chi connectivity index (χ1v) is 6.61.